The van der Waals surface area contributed by atoms with E-state index in [1.54, 1.807) is 0 Å². The predicted molar refractivity (Wildman–Crippen MR) is 72.7 cm³/mol. The monoisotopic (exact) mass is 256 g/mol. The highest BCUT2D eigenvalue weighted by atomic mass is 32.2. The van der Waals surface area contributed by atoms with Crippen LogP contribution in [-0.2, 0) is 4.74 Å². The fraction of sp³-hybridized carbons (Fsp3) is 1.00. The molecule has 17 heavy (non-hydrogen) atoms. The lowest BCUT2D eigenvalue weighted by Gasteiger charge is -2.42. The first-order valence-electron chi connectivity index (χ1n) is 7.05. The molecule has 0 amide bonds. The van der Waals surface area contributed by atoms with Gasteiger partial charge in [0.25, 0.3) is 0 Å². The number of rotatable bonds is 1. The number of hydrogen-bond acceptors (Lipinski definition) is 4. The average Bonchev–Trinajstić information content (AvgIpc) is 2.66. The summed E-state index contributed by atoms with van der Waals surface area (Å²) in [6.45, 7) is 5.85. The van der Waals surface area contributed by atoms with Gasteiger partial charge in [-0.25, -0.2) is 0 Å². The molecule has 0 radical (unpaired) electrons. The third kappa shape index (κ3) is 2.80. The zero-order valence-corrected chi connectivity index (χ0v) is 11.4. The molecule has 0 saturated carbocycles. The van der Waals surface area contributed by atoms with Gasteiger partial charge < -0.3 is 10.1 Å². The van der Waals surface area contributed by atoms with Crippen molar-refractivity contribution < 1.29 is 4.74 Å². The second-order valence-corrected chi connectivity index (χ2v) is 6.73. The number of nitrogens with one attached hydrogen (secondary N) is 1. The molecule has 0 bridgehead atoms. The van der Waals surface area contributed by atoms with E-state index in [4.69, 9.17) is 4.74 Å². The fourth-order valence-electron chi connectivity index (χ4n) is 3.41. The molecule has 2 unspecified atom stereocenters. The van der Waals surface area contributed by atoms with Gasteiger partial charge >= 0.3 is 0 Å². The van der Waals surface area contributed by atoms with E-state index in [2.05, 4.69) is 22.0 Å². The first-order valence-corrected chi connectivity index (χ1v) is 8.20. The second kappa shape index (κ2) is 5.47. The largest absolute Gasteiger partial charge is 0.374 e. The average molecular weight is 256 g/mol. The molecule has 3 aliphatic heterocycles. The minimum Gasteiger partial charge on any atom is -0.374 e. The molecule has 1 N–H and O–H groups in total. The molecule has 3 rings (SSSR count). The van der Waals surface area contributed by atoms with Crippen molar-refractivity contribution in [1.29, 1.82) is 0 Å². The maximum atomic E-state index is 6.12. The molecule has 4 heteroatoms. The third-order valence-electron chi connectivity index (χ3n) is 4.43. The first-order chi connectivity index (χ1) is 8.38. The molecular weight excluding hydrogens is 232 g/mol. The van der Waals surface area contributed by atoms with Gasteiger partial charge in [0, 0.05) is 31.5 Å². The Bertz CT molecular complexity index is 248. The van der Waals surface area contributed by atoms with Crippen LogP contribution in [0.5, 0.6) is 0 Å². The molecule has 2 atom stereocenters. The van der Waals surface area contributed by atoms with Gasteiger partial charge in [-0.1, -0.05) is 0 Å². The summed E-state index contributed by atoms with van der Waals surface area (Å²) in [5.41, 5.74) is 0.243. The van der Waals surface area contributed by atoms with Crippen molar-refractivity contribution in [3.63, 3.8) is 0 Å². The highest BCUT2D eigenvalue weighted by Crippen LogP contribution is 2.39. The van der Waals surface area contributed by atoms with E-state index in [0.29, 0.717) is 0 Å². The number of ether oxygens (including phenoxy) is 1. The van der Waals surface area contributed by atoms with Crippen LogP contribution in [0.15, 0.2) is 0 Å². The Balaban J connectivity index is 1.62. The van der Waals surface area contributed by atoms with Crippen LogP contribution in [0.1, 0.15) is 25.7 Å². The van der Waals surface area contributed by atoms with Crippen LogP contribution in [0, 0.1) is 0 Å². The maximum absolute atomic E-state index is 6.12. The zero-order chi connectivity index (χ0) is 11.6. The molecule has 3 fully saturated rings. The van der Waals surface area contributed by atoms with Crippen LogP contribution in [0.2, 0.25) is 0 Å². The normalized spacial score (nSPS) is 40.6. The van der Waals surface area contributed by atoms with Gasteiger partial charge in [-0.2, -0.15) is 11.8 Å². The Morgan fingerprint density at radius 2 is 2.29 bits per heavy atom. The minimum atomic E-state index is 0.243. The summed E-state index contributed by atoms with van der Waals surface area (Å²) in [6.07, 6.45) is 5.10. The second-order valence-electron chi connectivity index (χ2n) is 5.62. The molecule has 1 spiro atoms. The lowest BCUT2D eigenvalue weighted by Crippen LogP contribution is -2.49. The van der Waals surface area contributed by atoms with E-state index in [9.17, 15) is 0 Å². The highest BCUT2D eigenvalue weighted by Gasteiger charge is 2.41. The van der Waals surface area contributed by atoms with Crippen LogP contribution in [0.3, 0.4) is 0 Å². The van der Waals surface area contributed by atoms with Crippen molar-refractivity contribution in [2.75, 3.05) is 44.3 Å². The van der Waals surface area contributed by atoms with E-state index >= 15 is 0 Å². The first kappa shape index (κ1) is 12.3. The molecule has 3 heterocycles. The summed E-state index contributed by atoms with van der Waals surface area (Å²) in [5.74, 6) is 2.53. The van der Waals surface area contributed by atoms with E-state index in [0.717, 1.165) is 12.6 Å². The maximum Gasteiger partial charge on any atom is 0.0795 e. The molecule has 98 valence electrons. The molecule has 3 nitrogen and oxygen atoms in total. The quantitative estimate of drug-likeness (QED) is 0.765. The molecule has 3 saturated heterocycles. The predicted octanol–water partition coefficient (Wildman–Crippen LogP) is 1.34. The van der Waals surface area contributed by atoms with E-state index in [1.165, 1.54) is 63.4 Å². The Morgan fingerprint density at radius 1 is 1.29 bits per heavy atom. The summed E-state index contributed by atoms with van der Waals surface area (Å²) < 4.78 is 6.12. The van der Waals surface area contributed by atoms with Gasteiger partial charge in [-0.15, -0.1) is 0 Å². The summed E-state index contributed by atoms with van der Waals surface area (Å²) in [6, 6.07) is 0.780. The lowest BCUT2D eigenvalue weighted by atomic mass is 9.89. The van der Waals surface area contributed by atoms with Gasteiger partial charge in [0.05, 0.1) is 5.60 Å². The Hall–Kier alpha value is 0.230. The summed E-state index contributed by atoms with van der Waals surface area (Å²) in [4.78, 5) is 2.72. The van der Waals surface area contributed by atoms with Crippen molar-refractivity contribution in [3.05, 3.63) is 0 Å². The molecule has 0 aromatic heterocycles. The van der Waals surface area contributed by atoms with Crippen molar-refractivity contribution >= 4 is 11.8 Å². The molecule has 0 aromatic rings. The van der Waals surface area contributed by atoms with Gasteiger partial charge in [0.1, 0.15) is 0 Å². The SMILES string of the molecule is C1CNCCN(C2CCOC3(CCSC3)C2)C1. The fourth-order valence-corrected chi connectivity index (χ4v) is 4.79. The Morgan fingerprint density at radius 3 is 3.18 bits per heavy atom. The van der Waals surface area contributed by atoms with Gasteiger partial charge in [-0.05, 0) is 44.5 Å². The smallest absolute Gasteiger partial charge is 0.0795 e. The number of thioether (sulfide) groups is 1. The van der Waals surface area contributed by atoms with Gasteiger partial charge in [-0.3, -0.25) is 4.90 Å². The van der Waals surface area contributed by atoms with Crippen LogP contribution in [0.25, 0.3) is 0 Å². The zero-order valence-electron chi connectivity index (χ0n) is 10.6. The van der Waals surface area contributed by atoms with E-state index < -0.39 is 0 Å². The van der Waals surface area contributed by atoms with Crippen molar-refractivity contribution in [1.82, 2.24) is 10.2 Å². The van der Waals surface area contributed by atoms with E-state index in [1.807, 2.05) is 0 Å². The van der Waals surface area contributed by atoms with Crippen molar-refractivity contribution in [3.8, 4) is 0 Å². The van der Waals surface area contributed by atoms with Crippen molar-refractivity contribution in [2.24, 2.45) is 0 Å². The number of hydrogen-bond donors (Lipinski definition) is 1. The standard InChI is InChI=1S/C13H24N2OS/c1-4-14-5-7-15(6-1)12-2-8-16-13(10-12)3-9-17-11-13/h12,14H,1-11H2. The van der Waals surface area contributed by atoms with Gasteiger partial charge in [0.2, 0.25) is 0 Å². The molecule has 0 aromatic carbocycles. The van der Waals surface area contributed by atoms with E-state index in [-0.39, 0.29) is 5.60 Å². The minimum absolute atomic E-state index is 0.243. The van der Waals surface area contributed by atoms with Gasteiger partial charge in [0.15, 0.2) is 0 Å². The molecule has 3 aliphatic rings. The summed E-state index contributed by atoms with van der Waals surface area (Å²) in [5, 5.41) is 3.50. The molecular formula is C13H24N2OS. The van der Waals surface area contributed by atoms with Crippen LogP contribution >= 0.6 is 11.8 Å². The van der Waals surface area contributed by atoms with Crippen LogP contribution in [-0.4, -0.2) is 60.8 Å². The van der Waals surface area contributed by atoms with Crippen LogP contribution < -0.4 is 5.32 Å². The lowest BCUT2D eigenvalue weighted by molar-refractivity contribution is -0.0888. The summed E-state index contributed by atoms with van der Waals surface area (Å²) in [7, 11) is 0. The number of nitrogens with zero attached hydrogens (tertiary/aromatic N) is 1. The third-order valence-corrected chi connectivity index (χ3v) is 5.65. The summed E-state index contributed by atoms with van der Waals surface area (Å²) >= 11 is 2.08. The topological polar surface area (TPSA) is 24.5 Å². The van der Waals surface area contributed by atoms with Crippen molar-refractivity contribution in [2.45, 2.75) is 37.3 Å². The Kier molecular flexibility index (Phi) is 3.95. The Labute approximate surface area is 109 Å². The van der Waals surface area contributed by atoms with Crippen LogP contribution in [0.4, 0.5) is 0 Å². The highest BCUT2D eigenvalue weighted by molar-refractivity contribution is 7.99. The molecule has 0 aliphatic carbocycles.